The van der Waals surface area contributed by atoms with Crippen molar-refractivity contribution in [2.45, 2.75) is 129 Å². The Labute approximate surface area is 198 Å². The van der Waals surface area contributed by atoms with E-state index in [0.29, 0.717) is 17.4 Å². The van der Waals surface area contributed by atoms with Crippen molar-refractivity contribution in [3.05, 3.63) is 0 Å². The lowest BCUT2D eigenvalue weighted by atomic mass is 9.96. The molecule has 0 bridgehead atoms. The number of nitrogens with zero attached hydrogens (tertiary/aromatic N) is 1. The number of esters is 1. The molecule has 0 spiro atoms. The first-order valence-electron chi connectivity index (χ1n) is 13.3. The highest BCUT2D eigenvalue weighted by Gasteiger charge is 2.22. The van der Waals surface area contributed by atoms with E-state index < -0.39 is 12.1 Å². The Morgan fingerprint density at radius 3 is 1.72 bits per heavy atom. The van der Waals surface area contributed by atoms with Crippen LogP contribution in [0, 0.1) is 5.92 Å². The van der Waals surface area contributed by atoms with Crippen LogP contribution in [0.15, 0.2) is 0 Å². The van der Waals surface area contributed by atoms with Crippen LogP contribution >= 0.6 is 0 Å². The van der Waals surface area contributed by atoms with Crippen LogP contribution in [0.3, 0.4) is 0 Å². The number of carboxylic acids is 1. The number of ether oxygens (including phenoxy) is 1. The Kier molecular flexibility index (Phi) is 18.7. The highest BCUT2D eigenvalue weighted by atomic mass is 16.5. The summed E-state index contributed by atoms with van der Waals surface area (Å²) in [7, 11) is 5.85. The van der Waals surface area contributed by atoms with Crippen LogP contribution in [-0.4, -0.2) is 50.2 Å². The van der Waals surface area contributed by atoms with Gasteiger partial charge in [0.1, 0.15) is 6.54 Å². The maximum Gasteiger partial charge on any atom is 0.306 e. The standard InChI is InChI=1S/C27H53NO4/c1-6-7-8-9-10-11-12-13-14-16-19-24(2)20-17-15-18-21-27(31)32-25(22-26(29)30)23-28(3,4)5/h24-25H,6-23H2,1-5H3. The minimum atomic E-state index is -1.17. The highest BCUT2D eigenvalue weighted by molar-refractivity contribution is 5.70. The van der Waals surface area contributed by atoms with E-state index in [1.54, 1.807) is 0 Å². The second kappa shape index (κ2) is 19.4. The van der Waals surface area contributed by atoms with Gasteiger partial charge >= 0.3 is 5.97 Å². The zero-order chi connectivity index (χ0) is 24.2. The molecular weight excluding hydrogens is 402 g/mol. The fourth-order valence-electron chi connectivity index (χ4n) is 4.25. The van der Waals surface area contributed by atoms with Gasteiger partial charge in [-0.25, -0.2) is 0 Å². The van der Waals surface area contributed by atoms with Gasteiger partial charge in [0, 0.05) is 18.8 Å². The number of unbranched alkanes of at least 4 members (excludes halogenated alkanes) is 11. The van der Waals surface area contributed by atoms with Gasteiger partial charge in [0.2, 0.25) is 0 Å². The molecule has 0 heterocycles. The van der Waals surface area contributed by atoms with Gasteiger partial charge in [0.15, 0.2) is 6.10 Å². The molecule has 0 saturated carbocycles. The molecule has 0 aromatic heterocycles. The van der Waals surface area contributed by atoms with Crippen LogP contribution in [-0.2, 0) is 14.3 Å². The molecule has 0 aliphatic rings. The number of carboxylic acid groups (broad SMARTS) is 1. The maximum atomic E-state index is 12.1. The fraction of sp³-hybridized carbons (Fsp3) is 0.926. The quantitative estimate of drug-likeness (QED) is 0.120. The molecule has 5 heteroatoms. The Balaban J connectivity index is 3.68. The van der Waals surface area contributed by atoms with Gasteiger partial charge in [0.25, 0.3) is 0 Å². The van der Waals surface area contributed by atoms with E-state index in [1.165, 1.54) is 77.0 Å². The van der Waals surface area contributed by atoms with E-state index in [0.717, 1.165) is 25.2 Å². The summed E-state index contributed by atoms with van der Waals surface area (Å²) in [4.78, 5) is 23.0. The number of carbonyl (C=O) groups excluding carboxylic acids is 2. The fourth-order valence-corrected chi connectivity index (χ4v) is 4.25. The van der Waals surface area contributed by atoms with Gasteiger partial charge in [-0.05, 0) is 12.3 Å². The van der Waals surface area contributed by atoms with Crippen LogP contribution in [0.2, 0.25) is 0 Å². The van der Waals surface area contributed by atoms with Crippen molar-refractivity contribution in [1.29, 1.82) is 0 Å². The number of likely N-dealkylation sites (N-methyl/N-ethyl adjacent to an activating group) is 1. The number of carbonyl (C=O) groups is 2. The van der Waals surface area contributed by atoms with Crippen molar-refractivity contribution in [2.24, 2.45) is 5.92 Å². The molecule has 0 saturated heterocycles. The summed E-state index contributed by atoms with van der Waals surface area (Å²) in [5.74, 6) is -0.705. The van der Waals surface area contributed by atoms with Crippen molar-refractivity contribution >= 4 is 11.9 Å². The summed E-state index contributed by atoms with van der Waals surface area (Å²) in [6.45, 7) is 5.08. The van der Waals surface area contributed by atoms with Gasteiger partial charge in [-0.2, -0.15) is 0 Å². The predicted octanol–water partition coefficient (Wildman–Crippen LogP) is 5.64. The molecule has 190 valence electrons. The lowest BCUT2D eigenvalue weighted by Gasteiger charge is -2.29. The molecule has 2 unspecified atom stereocenters. The second-order valence-corrected chi connectivity index (χ2v) is 10.8. The third-order valence-corrected chi connectivity index (χ3v) is 6.07. The van der Waals surface area contributed by atoms with Gasteiger partial charge in [-0.1, -0.05) is 104 Å². The average molecular weight is 456 g/mol. The third kappa shape index (κ3) is 22.1. The Bertz CT molecular complexity index is 473. The summed E-state index contributed by atoms with van der Waals surface area (Å²) in [5, 5.41) is 10.9. The van der Waals surface area contributed by atoms with Gasteiger partial charge in [0.05, 0.1) is 21.1 Å². The first kappa shape index (κ1) is 30.9. The maximum absolute atomic E-state index is 12.1. The van der Waals surface area contributed by atoms with Crippen LogP contribution in [0.25, 0.3) is 0 Å². The van der Waals surface area contributed by atoms with Crippen molar-refractivity contribution < 1.29 is 23.9 Å². The summed E-state index contributed by atoms with van der Waals surface area (Å²) < 4.78 is 5.95. The van der Waals surface area contributed by atoms with Crippen LogP contribution < -0.4 is 5.11 Å². The van der Waals surface area contributed by atoms with Crippen LogP contribution in [0.5, 0.6) is 0 Å². The number of aliphatic carboxylic acids is 1. The molecule has 32 heavy (non-hydrogen) atoms. The van der Waals surface area contributed by atoms with E-state index in [9.17, 15) is 14.7 Å². The van der Waals surface area contributed by atoms with E-state index in [-0.39, 0.29) is 12.4 Å². The van der Waals surface area contributed by atoms with E-state index >= 15 is 0 Å². The van der Waals surface area contributed by atoms with Crippen molar-refractivity contribution in [3.8, 4) is 0 Å². The Morgan fingerprint density at radius 2 is 1.25 bits per heavy atom. The van der Waals surface area contributed by atoms with Crippen molar-refractivity contribution in [1.82, 2.24) is 0 Å². The molecule has 0 radical (unpaired) electrons. The monoisotopic (exact) mass is 455 g/mol. The minimum Gasteiger partial charge on any atom is -0.550 e. The highest BCUT2D eigenvalue weighted by Crippen LogP contribution is 2.19. The molecule has 0 aromatic rings. The van der Waals surface area contributed by atoms with Gasteiger partial charge < -0.3 is 19.1 Å². The van der Waals surface area contributed by atoms with E-state index in [2.05, 4.69) is 13.8 Å². The Hall–Kier alpha value is -1.10. The molecule has 0 aliphatic carbocycles. The molecule has 0 aliphatic heterocycles. The SMILES string of the molecule is CCCCCCCCCCCCC(C)CCCCCC(=O)OC(CC(=O)[O-])C[N+](C)(C)C. The average Bonchev–Trinajstić information content (AvgIpc) is 2.67. The van der Waals surface area contributed by atoms with Crippen LogP contribution in [0.1, 0.15) is 123 Å². The zero-order valence-corrected chi connectivity index (χ0v) is 22.0. The molecular formula is C27H53NO4. The molecule has 2 atom stereocenters. The van der Waals surface area contributed by atoms with Crippen molar-refractivity contribution in [2.75, 3.05) is 27.7 Å². The molecule has 0 amide bonds. The topological polar surface area (TPSA) is 66.4 Å². The molecule has 0 rings (SSSR count). The minimum absolute atomic E-state index is 0.238. The normalized spacial score (nSPS) is 13.7. The second-order valence-electron chi connectivity index (χ2n) is 10.8. The summed E-state index contributed by atoms with van der Waals surface area (Å²) in [6, 6.07) is 0. The lowest BCUT2D eigenvalue weighted by molar-refractivity contribution is -0.873. The largest absolute Gasteiger partial charge is 0.550 e. The molecule has 5 nitrogen and oxygen atoms in total. The first-order valence-corrected chi connectivity index (χ1v) is 13.3. The smallest absolute Gasteiger partial charge is 0.306 e. The zero-order valence-electron chi connectivity index (χ0n) is 22.0. The van der Waals surface area contributed by atoms with Crippen molar-refractivity contribution in [3.63, 3.8) is 0 Å². The summed E-state index contributed by atoms with van der Waals surface area (Å²) >= 11 is 0. The molecule has 0 fully saturated rings. The van der Waals surface area contributed by atoms with E-state index in [1.807, 2.05) is 21.1 Å². The summed E-state index contributed by atoms with van der Waals surface area (Å²) in [5.41, 5.74) is 0. The number of hydrogen-bond acceptors (Lipinski definition) is 4. The Morgan fingerprint density at radius 1 is 0.781 bits per heavy atom. The molecule has 0 aromatic carbocycles. The number of rotatable bonds is 22. The summed E-state index contributed by atoms with van der Waals surface area (Å²) in [6.07, 6.45) is 18.9. The molecule has 0 N–H and O–H groups in total. The first-order chi connectivity index (χ1) is 15.1. The van der Waals surface area contributed by atoms with Gasteiger partial charge in [-0.15, -0.1) is 0 Å². The number of quaternary nitrogens is 1. The predicted molar refractivity (Wildman–Crippen MR) is 131 cm³/mol. The number of hydrogen-bond donors (Lipinski definition) is 0. The van der Waals surface area contributed by atoms with Gasteiger partial charge in [-0.3, -0.25) is 4.79 Å². The third-order valence-electron chi connectivity index (χ3n) is 6.07. The van der Waals surface area contributed by atoms with E-state index in [4.69, 9.17) is 4.74 Å². The van der Waals surface area contributed by atoms with Crippen LogP contribution in [0.4, 0.5) is 0 Å². The lowest BCUT2D eigenvalue weighted by Crippen LogP contribution is -2.45.